The van der Waals surface area contributed by atoms with Crippen LogP contribution in [0.15, 0.2) is 0 Å². The van der Waals surface area contributed by atoms with Crippen molar-refractivity contribution in [3.05, 3.63) is 0 Å². The van der Waals surface area contributed by atoms with Crippen molar-refractivity contribution in [3.63, 3.8) is 0 Å². The summed E-state index contributed by atoms with van der Waals surface area (Å²) in [5.74, 6) is 0. The highest BCUT2D eigenvalue weighted by Crippen LogP contribution is 2.25. The van der Waals surface area contributed by atoms with E-state index in [0.717, 1.165) is 12.8 Å². The highest BCUT2D eigenvalue weighted by Gasteiger charge is 2.47. The molecule has 0 N–H and O–H groups in total. The van der Waals surface area contributed by atoms with Crippen molar-refractivity contribution in [2.75, 3.05) is 42.2 Å². The fraction of sp³-hybridized carbons (Fsp3) is 1.00. The second kappa shape index (κ2) is 13.2. The Morgan fingerprint density at radius 1 is 0.773 bits per heavy atom. The first kappa shape index (κ1) is 21.8. The minimum Gasteiger partial charge on any atom is -0.382 e. The summed E-state index contributed by atoms with van der Waals surface area (Å²) in [4.78, 5) is 16.1. The number of quaternary nitrogens is 1. The monoisotopic (exact) mass is 322 g/mol. The molecule has 0 heterocycles. The van der Waals surface area contributed by atoms with Gasteiger partial charge in [0.25, 0.3) is 0 Å². The van der Waals surface area contributed by atoms with E-state index in [2.05, 4.69) is 6.92 Å². The number of hydrogen-bond acceptors (Lipinski definition) is 5. The molecule has 6 heteroatoms. The van der Waals surface area contributed by atoms with E-state index in [1.165, 1.54) is 32.1 Å². The molecule has 0 fully saturated rings. The molecule has 2 atom stereocenters. The number of ether oxygens (including phenoxy) is 2. The highest BCUT2D eigenvalue weighted by atomic mass is 17.2. The van der Waals surface area contributed by atoms with Crippen LogP contribution in [0.2, 0.25) is 0 Å². The summed E-state index contributed by atoms with van der Waals surface area (Å²) in [5, 5.41) is 0. The molecule has 0 rings (SSSR count). The quantitative estimate of drug-likeness (QED) is 0.263. The van der Waals surface area contributed by atoms with Crippen molar-refractivity contribution in [1.29, 1.82) is 0 Å². The summed E-state index contributed by atoms with van der Waals surface area (Å²) < 4.78 is 10.8. The van der Waals surface area contributed by atoms with Crippen LogP contribution < -0.4 is 0 Å². The van der Waals surface area contributed by atoms with Crippen molar-refractivity contribution in [1.82, 2.24) is 0 Å². The molecule has 6 nitrogen and oxygen atoms in total. The molecule has 134 valence electrons. The van der Waals surface area contributed by atoms with Crippen molar-refractivity contribution in [2.24, 2.45) is 0 Å². The van der Waals surface area contributed by atoms with Crippen LogP contribution in [0, 0.1) is 0 Å². The molecular weight excluding hydrogens is 286 g/mol. The molecule has 0 bridgehead atoms. The van der Waals surface area contributed by atoms with Gasteiger partial charge < -0.3 is 9.47 Å². The van der Waals surface area contributed by atoms with Gasteiger partial charge in [-0.3, -0.25) is 0 Å². The van der Waals surface area contributed by atoms with E-state index >= 15 is 0 Å². The number of hydroxylamine groups is 3. The number of rotatable bonds is 15. The van der Waals surface area contributed by atoms with Gasteiger partial charge in [-0.15, -0.1) is 14.5 Å². The van der Waals surface area contributed by atoms with E-state index in [4.69, 9.17) is 24.0 Å². The van der Waals surface area contributed by atoms with E-state index in [1.807, 2.05) is 0 Å². The van der Waals surface area contributed by atoms with Crippen LogP contribution in [0.25, 0.3) is 0 Å². The summed E-state index contributed by atoms with van der Waals surface area (Å²) >= 11 is 0. The molecule has 0 amide bonds. The van der Waals surface area contributed by atoms with Gasteiger partial charge in [0.2, 0.25) is 6.04 Å². The molecule has 0 aliphatic rings. The molecular formula is C16H36NO5+. The van der Waals surface area contributed by atoms with Crippen molar-refractivity contribution in [3.8, 4) is 0 Å². The number of methoxy groups -OCH3 is 2. The Balaban J connectivity index is 4.71. The SMILES string of the molecule is CCCCCCCCC(C(COC)OC)[N+](OC)(OC)OC. The van der Waals surface area contributed by atoms with Crippen LogP contribution >= 0.6 is 0 Å². The molecule has 0 radical (unpaired) electrons. The molecule has 2 unspecified atom stereocenters. The van der Waals surface area contributed by atoms with Crippen LogP contribution in [-0.2, 0) is 24.0 Å². The zero-order valence-electron chi connectivity index (χ0n) is 15.3. The largest absolute Gasteiger partial charge is 0.382 e. The van der Waals surface area contributed by atoms with Crippen LogP contribution in [0.5, 0.6) is 0 Å². The topological polar surface area (TPSA) is 46.2 Å². The highest BCUT2D eigenvalue weighted by molar-refractivity contribution is 4.69. The Morgan fingerprint density at radius 3 is 1.77 bits per heavy atom. The molecule has 0 spiro atoms. The van der Waals surface area contributed by atoms with Crippen molar-refractivity contribution in [2.45, 2.75) is 64.0 Å². The van der Waals surface area contributed by atoms with E-state index < -0.39 is 0 Å². The normalized spacial score (nSPS) is 15.0. The lowest BCUT2D eigenvalue weighted by Crippen LogP contribution is -2.59. The van der Waals surface area contributed by atoms with Gasteiger partial charge in [0.15, 0.2) is 0 Å². The smallest absolute Gasteiger partial charge is 0.215 e. The lowest BCUT2D eigenvalue weighted by Gasteiger charge is -2.36. The third-order valence-corrected chi connectivity index (χ3v) is 4.09. The average Bonchev–Trinajstić information content (AvgIpc) is 2.56. The maximum atomic E-state index is 5.58. The van der Waals surface area contributed by atoms with E-state index in [1.54, 1.807) is 35.5 Å². The minimum atomic E-state index is -0.350. The predicted octanol–water partition coefficient (Wildman–Crippen LogP) is 3.27. The van der Waals surface area contributed by atoms with Crippen molar-refractivity contribution >= 4 is 0 Å². The third-order valence-electron chi connectivity index (χ3n) is 4.09. The number of nitrogens with zero attached hydrogens (tertiary/aromatic N) is 1. The maximum absolute atomic E-state index is 5.58. The van der Waals surface area contributed by atoms with Gasteiger partial charge in [-0.05, 0) is 6.42 Å². The van der Waals surface area contributed by atoms with Gasteiger partial charge in [-0.25, -0.2) is 0 Å². The Hall–Kier alpha value is -0.240. The Labute approximate surface area is 136 Å². The second-order valence-corrected chi connectivity index (χ2v) is 5.44. The van der Waals surface area contributed by atoms with Crippen LogP contribution in [0.1, 0.15) is 51.9 Å². The first-order valence-corrected chi connectivity index (χ1v) is 8.23. The fourth-order valence-corrected chi connectivity index (χ4v) is 2.81. The first-order chi connectivity index (χ1) is 10.7. The molecule has 0 saturated heterocycles. The standard InChI is InChI=1S/C16H36NO5/c1-7-8-9-10-11-12-13-15(16(19-3)14-18-2)17(20-4,21-5)22-6/h15-16H,7-14H2,1-6H3/q+1. The summed E-state index contributed by atoms with van der Waals surface area (Å²) in [6.45, 7) is 2.69. The third kappa shape index (κ3) is 6.89. The summed E-state index contributed by atoms with van der Waals surface area (Å²) in [6, 6.07) is -0.115. The van der Waals surface area contributed by atoms with E-state index in [0.29, 0.717) is 6.61 Å². The maximum Gasteiger partial charge on any atom is 0.215 e. The summed E-state index contributed by atoms with van der Waals surface area (Å²) in [6.07, 6.45) is 8.11. The van der Waals surface area contributed by atoms with Crippen LogP contribution in [0.4, 0.5) is 0 Å². The van der Waals surface area contributed by atoms with Crippen molar-refractivity contribution < 1.29 is 29.0 Å². The molecule has 0 aromatic carbocycles. The van der Waals surface area contributed by atoms with Crippen LogP contribution in [-0.4, -0.2) is 59.3 Å². The zero-order valence-corrected chi connectivity index (χ0v) is 15.3. The minimum absolute atomic E-state index is 0.115. The van der Waals surface area contributed by atoms with E-state index in [-0.39, 0.29) is 17.1 Å². The van der Waals surface area contributed by atoms with Gasteiger partial charge in [0.1, 0.15) is 27.4 Å². The van der Waals surface area contributed by atoms with Gasteiger partial charge >= 0.3 is 0 Å². The van der Waals surface area contributed by atoms with Gasteiger partial charge in [-0.1, -0.05) is 39.0 Å². The second-order valence-electron chi connectivity index (χ2n) is 5.44. The molecule has 0 aliphatic carbocycles. The Morgan fingerprint density at radius 2 is 1.32 bits per heavy atom. The van der Waals surface area contributed by atoms with E-state index in [9.17, 15) is 0 Å². The van der Waals surface area contributed by atoms with Gasteiger partial charge in [0.05, 0.1) is 11.6 Å². The Bertz CT molecular complexity index is 240. The van der Waals surface area contributed by atoms with Crippen LogP contribution in [0.3, 0.4) is 0 Å². The summed E-state index contributed by atoms with van der Waals surface area (Å²) in [7, 11) is 8.05. The average molecular weight is 322 g/mol. The predicted molar refractivity (Wildman–Crippen MR) is 85.7 cm³/mol. The zero-order chi connectivity index (χ0) is 16.8. The molecule has 0 aliphatic heterocycles. The molecule has 22 heavy (non-hydrogen) atoms. The number of hydrogen-bond donors (Lipinski definition) is 0. The molecule has 0 aromatic rings. The summed E-state index contributed by atoms with van der Waals surface area (Å²) in [5.41, 5.74) is 0. The fourth-order valence-electron chi connectivity index (χ4n) is 2.81. The molecule has 0 aromatic heterocycles. The lowest BCUT2D eigenvalue weighted by atomic mass is 10.0. The van der Waals surface area contributed by atoms with Gasteiger partial charge in [-0.2, -0.15) is 0 Å². The number of unbranched alkanes of at least 4 members (excludes halogenated alkanes) is 5. The molecule has 0 saturated carbocycles. The Kier molecular flexibility index (Phi) is 13.1. The van der Waals surface area contributed by atoms with Gasteiger partial charge in [0, 0.05) is 20.6 Å². The first-order valence-electron chi connectivity index (χ1n) is 8.23. The lowest BCUT2D eigenvalue weighted by molar-refractivity contribution is -1.37.